The predicted octanol–water partition coefficient (Wildman–Crippen LogP) is 2.51. The molecule has 1 aromatic carbocycles. The van der Waals surface area contributed by atoms with Crippen LogP contribution in [-0.4, -0.2) is 35.6 Å². The topological polar surface area (TPSA) is 127 Å². The Morgan fingerprint density at radius 2 is 1.81 bits per heavy atom. The van der Waals surface area contributed by atoms with Gasteiger partial charge in [-0.1, -0.05) is 33.8 Å². The summed E-state index contributed by atoms with van der Waals surface area (Å²) in [5.74, 6) is -1.08. The zero-order chi connectivity index (χ0) is 23.6. The van der Waals surface area contributed by atoms with Gasteiger partial charge < -0.3 is 9.88 Å². The van der Waals surface area contributed by atoms with Gasteiger partial charge in [-0.2, -0.15) is 0 Å². The van der Waals surface area contributed by atoms with Crippen LogP contribution in [0.5, 0.6) is 0 Å². The number of Topliss-reactive ketones (excluding diaryl/α,β-unsaturated/α-hetero) is 1. The van der Waals surface area contributed by atoms with Crippen LogP contribution < -0.4 is 10.0 Å². The Kier molecular flexibility index (Phi) is 7.05. The SMILES string of the molecule is CCC(=O)NS(=O)(=O)c1ccc(C)c(NC(=O)C(C(=O)C(C)(C)C)n2ccnc2C)c1. The molecule has 2 rings (SSSR count). The first-order valence-electron chi connectivity index (χ1n) is 9.79. The van der Waals surface area contributed by atoms with Gasteiger partial charge in [-0.15, -0.1) is 0 Å². The second kappa shape index (κ2) is 9.01. The molecule has 1 unspecified atom stereocenters. The van der Waals surface area contributed by atoms with Crippen molar-refractivity contribution in [1.82, 2.24) is 14.3 Å². The number of aromatic nitrogens is 2. The number of nitrogens with one attached hydrogen (secondary N) is 2. The molecule has 0 spiro atoms. The Bertz CT molecular complexity index is 1110. The summed E-state index contributed by atoms with van der Waals surface area (Å²) in [4.78, 5) is 41.7. The predicted molar refractivity (Wildman–Crippen MR) is 116 cm³/mol. The van der Waals surface area contributed by atoms with Crippen molar-refractivity contribution in [3.63, 3.8) is 0 Å². The summed E-state index contributed by atoms with van der Waals surface area (Å²) in [7, 11) is -4.09. The van der Waals surface area contributed by atoms with Gasteiger partial charge in [0, 0.05) is 29.9 Å². The lowest BCUT2D eigenvalue weighted by molar-refractivity contribution is -0.135. The molecular formula is C21H28N4O5S. The molecule has 0 saturated heterocycles. The van der Waals surface area contributed by atoms with E-state index in [1.165, 1.54) is 35.9 Å². The second-order valence-corrected chi connectivity index (χ2v) is 9.93. The Balaban J connectivity index is 2.43. The van der Waals surface area contributed by atoms with Crippen molar-refractivity contribution in [3.8, 4) is 0 Å². The van der Waals surface area contributed by atoms with E-state index in [0.717, 1.165) is 0 Å². The normalized spacial score (nSPS) is 12.8. The van der Waals surface area contributed by atoms with E-state index < -0.39 is 33.3 Å². The van der Waals surface area contributed by atoms with Gasteiger partial charge in [-0.05, 0) is 31.5 Å². The molecule has 2 aromatic rings. The van der Waals surface area contributed by atoms with Crippen LogP contribution in [0.1, 0.15) is 51.5 Å². The Hall–Kier alpha value is -3.01. The quantitative estimate of drug-likeness (QED) is 0.627. The number of hydrogen-bond acceptors (Lipinski definition) is 6. The highest BCUT2D eigenvalue weighted by Crippen LogP contribution is 2.27. The lowest BCUT2D eigenvalue weighted by Gasteiger charge is -2.26. The van der Waals surface area contributed by atoms with Crippen LogP contribution in [0.4, 0.5) is 5.69 Å². The van der Waals surface area contributed by atoms with Gasteiger partial charge in [-0.3, -0.25) is 14.4 Å². The maximum Gasteiger partial charge on any atom is 0.264 e. The van der Waals surface area contributed by atoms with Crippen molar-refractivity contribution in [3.05, 3.63) is 42.0 Å². The molecule has 0 radical (unpaired) electrons. The van der Waals surface area contributed by atoms with Gasteiger partial charge in [0.15, 0.2) is 11.8 Å². The number of rotatable bonds is 7. The molecule has 0 fully saturated rings. The molecule has 0 bridgehead atoms. The zero-order valence-electron chi connectivity index (χ0n) is 18.5. The number of sulfonamides is 1. The molecule has 168 valence electrons. The standard InChI is InChI=1S/C21H28N4O5S/c1-7-17(26)24-31(29,30)15-9-8-13(2)16(12-15)23-20(28)18(19(27)21(4,5)6)25-11-10-22-14(25)3/h8-12,18H,7H2,1-6H3,(H,23,28)(H,24,26). The minimum Gasteiger partial charge on any atom is -0.324 e. The molecule has 9 nitrogen and oxygen atoms in total. The molecule has 10 heteroatoms. The number of anilines is 1. The minimum absolute atomic E-state index is 0.00946. The maximum absolute atomic E-state index is 13.2. The van der Waals surface area contributed by atoms with Crippen LogP contribution in [0.3, 0.4) is 0 Å². The van der Waals surface area contributed by atoms with Crippen molar-refractivity contribution in [2.45, 2.75) is 58.9 Å². The number of nitrogens with zero attached hydrogens (tertiary/aromatic N) is 2. The van der Waals surface area contributed by atoms with Crippen LogP contribution in [0, 0.1) is 19.3 Å². The van der Waals surface area contributed by atoms with Crippen LogP contribution in [0.25, 0.3) is 0 Å². The average Bonchev–Trinajstić information content (AvgIpc) is 3.08. The van der Waals surface area contributed by atoms with Gasteiger partial charge in [0.05, 0.1) is 4.90 Å². The van der Waals surface area contributed by atoms with Crippen LogP contribution >= 0.6 is 0 Å². The van der Waals surface area contributed by atoms with Crippen molar-refractivity contribution in [2.24, 2.45) is 5.41 Å². The summed E-state index contributed by atoms with van der Waals surface area (Å²) in [5.41, 5.74) is 0.0170. The fourth-order valence-corrected chi connectivity index (χ4v) is 3.91. The van der Waals surface area contributed by atoms with E-state index in [1.54, 1.807) is 40.8 Å². The third-order valence-electron chi connectivity index (χ3n) is 4.72. The third kappa shape index (κ3) is 5.57. The highest BCUT2D eigenvalue weighted by Gasteiger charge is 2.37. The number of amides is 2. The zero-order valence-corrected chi connectivity index (χ0v) is 19.3. The van der Waals surface area contributed by atoms with Gasteiger partial charge >= 0.3 is 0 Å². The lowest BCUT2D eigenvalue weighted by Crippen LogP contribution is -2.39. The molecule has 1 atom stereocenters. The highest BCUT2D eigenvalue weighted by molar-refractivity contribution is 7.90. The van der Waals surface area contributed by atoms with Gasteiger partial charge in [0.25, 0.3) is 15.9 Å². The van der Waals surface area contributed by atoms with E-state index in [4.69, 9.17) is 0 Å². The minimum atomic E-state index is -4.09. The number of hydrogen-bond donors (Lipinski definition) is 2. The maximum atomic E-state index is 13.2. The van der Waals surface area contributed by atoms with Crippen LogP contribution in [-0.2, 0) is 24.4 Å². The summed E-state index contributed by atoms with van der Waals surface area (Å²) >= 11 is 0. The van der Waals surface area contributed by atoms with Gasteiger partial charge in [0.1, 0.15) is 5.82 Å². The van der Waals surface area contributed by atoms with Crippen LogP contribution in [0.2, 0.25) is 0 Å². The fourth-order valence-electron chi connectivity index (χ4n) is 2.83. The van der Waals surface area contributed by atoms with E-state index >= 15 is 0 Å². The number of carbonyl (C=O) groups excluding carboxylic acids is 3. The average molecular weight is 449 g/mol. The summed E-state index contributed by atoms with van der Waals surface area (Å²) in [6.45, 7) is 10.1. The number of aryl methyl sites for hydroxylation is 2. The number of benzene rings is 1. The Labute approximate surface area is 182 Å². The Morgan fingerprint density at radius 3 is 2.32 bits per heavy atom. The van der Waals surface area contributed by atoms with Crippen molar-refractivity contribution < 1.29 is 22.8 Å². The first kappa shape index (κ1) is 24.3. The van der Waals surface area contributed by atoms with Crippen molar-refractivity contribution in [2.75, 3.05) is 5.32 Å². The highest BCUT2D eigenvalue weighted by atomic mass is 32.2. The van der Waals surface area contributed by atoms with E-state index in [2.05, 4.69) is 10.3 Å². The van der Waals surface area contributed by atoms with Gasteiger partial charge in [-0.25, -0.2) is 18.1 Å². The van der Waals surface area contributed by atoms with Crippen molar-refractivity contribution in [1.29, 1.82) is 0 Å². The van der Waals surface area contributed by atoms with E-state index in [-0.39, 0.29) is 22.8 Å². The van der Waals surface area contributed by atoms with Crippen molar-refractivity contribution >= 4 is 33.3 Å². The summed E-state index contributed by atoms with van der Waals surface area (Å²) in [6, 6.07) is 2.94. The largest absolute Gasteiger partial charge is 0.324 e. The molecule has 0 aliphatic rings. The number of ketones is 1. The summed E-state index contributed by atoms with van der Waals surface area (Å²) < 4.78 is 28.3. The number of carbonyl (C=O) groups is 3. The third-order valence-corrected chi connectivity index (χ3v) is 6.09. The molecule has 0 saturated carbocycles. The molecule has 0 aliphatic carbocycles. The first-order chi connectivity index (χ1) is 14.3. The first-order valence-corrected chi connectivity index (χ1v) is 11.3. The molecule has 2 amide bonds. The number of imidazole rings is 1. The molecular weight excluding hydrogens is 420 g/mol. The Morgan fingerprint density at radius 1 is 1.16 bits per heavy atom. The molecule has 31 heavy (non-hydrogen) atoms. The smallest absolute Gasteiger partial charge is 0.264 e. The van der Waals surface area contributed by atoms with E-state index in [0.29, 0.717) is 11.4 Å². The second-order valence-electron chi connectivity index (χ2n) is 8.25. The van der Waals surface area contributed by atoms with Crippen LogP contribution in [0.15, 0.2) is 35.5 Å². The monoisotopic (exact) mass is 448 g/mol. The summed E-state index contributed by atoms with van der Waals surface area (Å²) in [6.07, 6.45) is 3.06. The summed E-state index contributed by atoms with van der Waals surface area (Å²) in [5, 5.41) is 2.67. The lowest BCUT2D eigenvalue weighted by atomic mass is 9.86. The molecule has 1 aromatic heterocycles. The molecule has 2 N–H and O–H groups in total. The van der Waals surface area contributed by atoms with E-state index in [1.807, 2.05) is 4.72 Å². The fraction of sp³-hybridized carbons (Fsp3) is 0.429. The molecule has 1 heterocycles. The van der Waals surface area contributed by atoms with Gasteiger partial charge in [0.2, 0.25) is 5.91 Å². The van der Waals surface area contributed by atoms with E-state index in [9.17, 15) is 22.8 Å². The molecule has 0 aliphatic heterocycles.